The zero-order valence-electron chi connectivity index (χ0n) is 14.0. The van der Waals surface area contributed by atoms with Gasteiger partial charge in [0.15, 0.2) is 0 Å². The maximum Gasteiger partial charge on any atom is 0.255 e. The summed E-state index contributed by atoms with van der Waals surface area (Å²) in [6.45, 7) is 7.13. The number of amides is 1. The number of hydrogen-bond acceptors (Lipinski definition) is 3. The van der Waals surface area contributed by atoms with Crippen LogP contribution in [0.5, 0.6) is 0 Å². The standard InChI is InChI=1S/C19H24N2O2/c1-12-6-7-18-16(9-12)10-17(13(2)20-18)19(23)21-8-4-5-15(11-21)14(3)22/h6-7,9-10,14-15,22H,4-5,8,11H2,1-3H3. The minimum atomic E-state index is -0.371. The molecule has 1 aliphatic heterocycles. The van der Waals surface area contributed by atoms with E-state index in [1.807, 2.05) is 43.9 Å². The highest BCUT2D eigenvalue weighted by molar-refractivity contribution is 5.98. The molecular formula is C19H24N2O2. The Bertz CT molecular complexity index is 739. The molecule has 1 aliphatic rings. The second-order valence-corrected chi connectivity index (χ2v) is 6.71. The minimum absolute atomic E-state index is 0.0313. The topological polar surface area (TPSA) is 53.4 Å². The van der Waals surface area contributed by atoms with Crippen molar-refractivity contribution in [3.63, 3.8) is 0 Å². The van der Waals surface area contributed by atoms with Crippen LogP contribution in [0.4, 0.5) is 0 Å². The normalized spacial score (nSPS) is 19.8. The summed E-state index contributed by atoms with van der Waals surface area (Å²) in [5.74, 6) is 0.201. The van der Waals surface area contributed by atoms with Gasteiger partial charge in [0.05, 0.1) is 22.9 Å². The number of aliphatic hydroxyl groups is 1. The molecule has 4 nitrogen and oxygen atoms in total. The molecule has 2 atom stereocenters. The summed E-state index contributed by atoms with van der Waals surface area (Å²) in [5.41, 5.74) is 3.53. The Balaban J connectivity index is 1.92. The summed E-state index contributed by atoms with van der Waals surface area (Å²) in [5, 5.41) is 10.8. The van der Waals surface area contributed by atoms with Crippen molar-refractivity contribution in [1.82, 2.24) is 9.88 Å². The molecule has 0 saturated carbocycles. The summed E-state index contributed by atoms with van der Waals surface area (Å²) >= 11 is 0. The number of aliphatic hydroxyl groups excluding tert-OH is 1. The second-order valence-electron chi connectivity index (χ2n) is 6.71. The van der Waals surface area contributed by atoms with Crippen LogP contribution < -0.4 is 0 Å². The fourth-order valence-electron chi connectivity index (χ4n) is 3.37. The first-order chi connectivity index (χ1) is 11.0. The highest BCUT2D eigenvalue weighted by atomic mass is 16.3. The van der Waals surface area contributed by atoms with E-state index in [9.17, 15) is 9.90 Å². The predicted molar refractivity (Wildman–Crippen MR) is 91.5 cm³/mol. The lowest BCUT2D eigenvalue weighted by molar-refractivity contribution is 0.0465. The van der Waals surface area contributed by atoms with Crippen molar-refractivity contribution in [1.29, 1.82) is 0 Å². The number of fused-ring (bicyclic) bond motifs is 1. The monoisotopic (exact) mass is 312 g/mol. The number of rotatable bonds is 2. The zero-order valence-corrected chi connectivity index (χ0v) is 14.0. The van der Waals surface area contributed by atoms with Crippen LogP contribution in [0, 0.1) is 19.8 Å². The Morgan fingerprint density at radius 1 is 1.35 bits per heavy atom. The number of aromatic nitrogens is 1. The maximum absolute atomic E-state index is 12.9. The van der Waals surface area contributed by atoms with Gasteiger partial charge in [0.25, 0.3) is 5.91 Å². The third kappa shape index (κ3) is 3.22. The molecule has 122 valence electrons. The van der Waals surface area contributed by atoms with Gasteiger partial charge in [-0.3, -0.25) is 9.78 Å². The predicted octanol–water partition coefficient (Wildman–Crippen LogP) is 3.08. The molecule has 0 spiro atoms. The van der Waals surface area contributed by atoms with E-state index in [-0.39, 0.29) is 17.9 Å². The molecule has 3 rings (SSSR count). The van der Waals surface area contributed by atoms with E-state index in [0.29, 0.717) is 12.1 Å². The van der Waals surface area contributed by atoms with Crippen molar-refractivity contribution < 1.29 is 9.90 Å². The Labute approximate surface area is 137 Å². The van der Waals surface area contributed by atoms with E-state index in [1.165, 1.54) is 0 Å². The van der Waals surface area contributed by atoms with Gasteiger partial charge in [-0.15, -0.1) is 0 Å². The molecular weight excluding hydrogens is 288 g/mol. The average Bonchev–Trinajstić information content (AvgIpc) is 2.54. The third-order valence-corrected chi connectivity index (χ3v) is 4.82. The summed E-state index contributed by atoms with van der Waals surface area (Å²) in [6.07, 6.45) is 1.56. The number of nitrogens with zero attached hydrogens (tertiary/aromatic N) is 2. The first kappa shape index (κ1) is 15.9. The first-order valence-corrected chi connectivity index (χ1v) is 8.31. The Morgan fingerprint density at radius 3 is 2.87 bits per heavy atom. The first-order valence-electron chi connectivity index (χ1n) is 8.31. The molecule has 0 bridgehead atoms. The summed E-state index contributed by atoms with van der Waals surface area (Å²) < 4.78 is 0. The number of benzene rings is 1. The zero-order chi connectivity index (χ0) is 16.6. The van der Waals surface area contributed by atoms with Gasteiger partial charge in [-0.05, 0) is 51.8 Å². The fraction of sp³-hybridized carbons (Fsp3) is 0.474. The minimum Gasteiger partial charge on any atom is -0.393 e. The van der Waals surface area contributed by atoms with Gasteiger partial charge in [0.2, 0.25) is 0 Å². The van der Waals surface area contributed by atoms with Crippen LogP contribution >= 0.6 is 0 Å². The smallest absolute Gasteiger partial charge is 0.255 e. The number of hydrogen-bond donors (Lipinski definition) is 1. The van der Waals surface area contributed by atoms with Crippen LogP contribution in [0.2, 0.25) is 0 Å². The number of likely N-dealkylation sites (tertiary alicyclic amines) is 1. The van der Waals surface area contributed by atoms with Gasteiger partial charge < -0.3 is 10.0 Å². The third-order valence-electron chi connectivity index (χ3n) is 4.82. The van der Waals surface area contributed by atoms with Crippen molar-refractivity contribution in [3.05, 3.63) is 41.1 Å². The highest BCUT2D eigenvalue weighted by Crippen LogP contribution is 2.24. The van der Waals surface area contributed by atoms with Crippen molar-refractivity contribution >= 4 is 16.8 Å². The van der Waals surface area contributed by atoms with Crippen molar-refractivity contribution in [2.75, 3.05) is 13.1 Å². The van der Waals surface area contributed by atoms with Crippen LogP contribution in [0.3, 0.4) is 0 Å². The number of aryl methyl sites for hydroxylation is 2. The average molecular weight is 312 g/mol. The summed E-state index contributed by atoms with van der Waals surface area (Å²) in [7, 11) is 0. The van der Waals surface area contributed by atoms with Gasteiger partial charge in [0.1, 0.15) is 0 Å². The van der Waals surface area contributed by atoms with Gasteiger partial charge >= 0.3 is 0 Å². The lowest BCUT2D eigenvalue weighted by atomic mass is 9.93. The van der Waals surface area contributed by atoms with Gasteiger partial charge in [-0.2, -0.15) is 0 Å². The van der Waals surface area contributed by atoms with Gasteiger partial charge in [0, 0.05) is 24.4 Å². The summed E-state index contributed by atoms with van der Waals surface area (Å²) in [6, 6.07) is 8.05. The molecule has 1 amide bonds. The molecule has 4 heteroatoms. The Kier molecular flexibility index (Phi) is 4.35. The van der Waals surface area contributed by atoms with Crippen molar-refractivity contribution in [2.24, 2.45) is 5.92 Å². The van der Waals surface area contributed by atoms with E-state index in [0.717, 1.165) is 41.5 Å². The Morgan fingerprint density at radius 2 is 2.13 bits per heavy atom. The van der Waals surface area contributed by atoms with Gasteiger partial charge in [-0.25, -0.2) is 0 Å². The van der Waals surface area contributed by atoms with Crippen LogP contribution in [0.1, 0.15) is 41.4 Å². The van der Waals surface area contributed by atoms with Crippen molar-refractivity contribution in [2.45, 2.75) is 39.7 Å². The SMILES string of the molecule is Cc1ccc2nc(C)c(C(=O)N3CCCC(C(C)O)C3)cc2c1. The molecule has 1 saturated heterocycles. The number of pyridine rings is 1. The van der Waals surface area contributed by atoms with E-state index >= 15 is 0 Å². The number of carbonyl (C=O) groups is 1. The number of carbonyl (C=O) groups excluding carboxylic acids is 1. The summed E-state index contributed by atoms with van der Waals surface area (Å²) in [4.78, 5) is 19.4. The molecule has 1 N–H and O–H groups in total. The second kappa shape index (κ2) is 6.28. The van der Waals surface area contributed by atoms with E-state index in [4.69, 9.17) is 0 Å². The molecule has 23 heavy (non-hydrogen) atoms. The van der Waals surface area contributed by atoms with E-state index in [1.54, 1.807) is 0 Å². The maximum atomic E-state index is 12.9. The Hall–Kier alpha value is -1.94. The van der Waals surface area contributed by atoms with Crippen LogP contribution in [-0.4, -0.2) is 40.1 Å². The van der Waals surface area contributed by atoms with Gasteiger partial charge in [-0.1, -0.05) is 11.6 Å². The molecule has 2 heterocycles. The fourth-order valence-corrected chi connectivity index (χ4v) is 3.37. The molecule has 0 radical (unpaired) electrons. The lowest BCUT2D eigenvalue weighted by Crippen LogP contribution is -2.43. The van der Waals surface area contributed by atoms with Crippen LogP contribution in [-0.2, 0) is 0 Å². The molecule has 2 unspecified atom stereocenters. The number of piperidine rings is 1. The highest BCUT2D eigenvalue weighted by Gasteiger charge is 2.28. The van der Waals surface area contributed by atoms with Crippen molar-refractivity contribution in [3.8, 4) is 0 Å². The molecule has 0 aliphatic carbocycles. The largest absolute Gasteiger partial charge is 0.393 e. The molecule has 1 aromatic heterocycles. The van der Waals surface area contributed by atoms with E-state index < -0.39 is 0 Å². The van der Waals surface area contributed by atoms with Crippen LogP contribution in [0.15, 0.2) is 24.3 Å². The molecule has 1 aromatic carbocycles. The molecule has 1 fully saturated rings. The van der Waals surface area contributed by atoms with Crippen LogP contribution in [0.25, 0.3) is 10.9 Å². The van der Waals surface area contributed by atoms with E-state index in [2.05, 4.69) is 11.1 Å². The quantitative estimate of drug-likeness (QED) is 0.927. The molecule has 2 aromatic rings. The lowest BCUT2D eigenvalue weighted by Gasteiger charge is -2.34.